The molecular formula is C15H20ClF3N2O. The van der Waals surface area contributed by atoms with Gasteiger partial charge in [0.05, 0.1) is 11.0 Å². The van der Waals surface area contributed by atoms with Crippen molar-refractivity contribution in [3.63, 3.8) is 0 Å². The molecule has 0 heterocycles. The number of carbonyl (C=O) groups is 1. The lowest BCUT2D eigenvalue weighted by Gasteiger charge is -2.17. The maximum atomic E-state index is 12.8. The van der Waals surface area contributed by atoms with Crippen molar-refractivity contribution in [1.29, 1.82) is 0 Å². The van der Waals surface area contributed by atoms with Gasteiger partial charge in [0.2, 0.25) is 5.91 Å². The Hall–Kier alpha value is -1.27. The van der Waals surface area contributed by atoms with Crippen molar-refractivity contribution >= 4 is 18.3 Å². The lowest BCUT2D eigenvalue weighted by atomic mass is 9.93. The zero-order valence-corrected chi connectivity index (χ0v) is 13.1. The number of hydrogen-bond acceptors (Lipinski definition) is 2. The summed E-state index contributed by atoms with van der Waals surface area (Å²) in [6.45, 7) is 1.32. The second kappa shape index (κ2) is 7.33. The average molecular weight is 337 g/mol. The summed E-state index contributed by atoms with van der Waals surface area (Å²) in [5.41, 5.74) is -1.00. The minimum Gasteiger partial charge on any atom is -0.355 e. The lowest BCUT2D eigenvalue weighted by Crippen LogP contribution is -2.36. The van der Waals surface area contributed by atoms with Crippen molar-refractivity contribution in [2.45, 2.75) is 30.9 Å². The number of rotatable bonds is 6. The number of carbonyl (C=O) groups excluding carboxylic acids is 1. The quantitative estimate of drug-likeness (QED) is 0.784. The zero-order valence-electron chi connectivity index (χ0n) is 12.3. The number of nitrogens with one attached hydrogen (secondary N) is 2. The van der Waals surface area contributed by atoms with Crippen LogP contribution >= 0.6 is 12.4 Å². The van der Waals surface area contributed by atoms with Crippen molar-refractivity contribution in [2.75, 3.05) is 20.1 Å². The van der Waals surface area contributed by atoms with E-state index in [-0.39, 0.29) is 18.3 Å². The van der Waals surface area contributed by atoms with Gasteiger partial charge < -0.3 is 10.6 Å². The van der Waals surface area contributed by atoms with E-state index in [0.717, 1.165) is 25.1 Å². The Bertz CT molecular complexity index is 516. The van der Waals surface area contributed by atoms with Gasteiger partial charge in [-0.2, -0.15) is 13.2 Å². The largest absolute Gasteiger partial charge is 0.416 e. The maximum Gasteiger partial charge on any atom is 0.416 e. The summed E-state index contributed by atoms with van der Waals surface area (Å²) in [6, 6.07) is 5.10. The highest BCUT2D eigenvalue weighted by molar-refractivity contribution is 5.91. The summed E-state index contributed by atoms with van der Waals surface area (Å²) in [6.07, 6.45) is -2.38. The first-order chi connectivity index (χ1) is 9.90. The van der Waals surface area contributed by atoms with Crippen LogP contribution in [0.3, 0.4) is 0 Å². The lowest BCUT2D eigenvalue weighted by molar-refractivity contribution is -0.137. The van der Waals surface area contributed by atoms with E-state index in [1.54, 1.807) is 6.07 Å². The van der Waals surface area contributed by atoms with Crippen molar-refractivity contribution in [3.8, 4) is 0 Å². The summed E-state index contributed by atoms with van der Waals surface area (Å²) >= 11 is 0. The van der Waals surface area contributed by atoms with Crippen LogP contribution < -0.4 is 10.6 Å². The number of halogens is 4. The summed E-state index contributed by atoms with van der Waals surface area (Å²) in [4.78, 5) is 12.2. The average Bonchev–Trinajstić information content (AvgIpc) is 3.24. The first-order valence-electron chi connectivity index (χ1n) is 7.01. The van der Waals surface area contributed by atoms with Crippen LogP contribution in [0.1, 0.15) is 30.4 Å². The van der Waals surface area contributed by atoms with Crippen molar-refractivity contribution < 1.29 is 18.0 Å². The third kappa shape index (κ3) is 4.14. The Balaban J connectivity index is 0.00000242. The van der Waals surface area contributed by atoms with E-state index < -0.39 is 17.2 Å². The highest BCUT2D eigenvalue weighted by Crippen LogP contribution is 2.49. The normalized spacial score (nSPS) is 15.8. The summed E-state index contributed by atoms with van der Waals surface area (Å²) in [5, 5.41) is 5.79. The SMILES string of the molecule is CNCCCNC(=O)C1(c2cccc(C(F)(F)F)c2)CC1.Cl. The third-order valence-corrected chi connectivity index (χ3v) is 3.82. The van der Waals surface area contributed by atoms with Crippen LogP contribution in [0.5, 0.6) is 0 Å². The molecule has 0 unspecified atom stereocenters. The molecule has 2 N–H and O–H groups in total. The molecule has 1 aliphatic carbocycles. The Morgan fingerprint density at radius 1 is 1.27 bits per heavy atom. The third-order valence-electron chi connectivity index (χ3n) is 3.82. The molecule has 0 aliphatic heterocycles. The van der Waals surface area contributed by atoms with E-state index in [9.17, 15) is 18.0 Å². The molecule has 0 spiro atoms. The van der Waals surface area contributed by atoms with E-state index in [1.807, 2.05) is 7.05 Å². The molecule has 1 aromatic rings. The molecular weight excluding hydrogens is 317 g/mol. The summed E-state index contributed by atoms with van der Waals surface area (Å²) < 4.78 is 38.3. The van der Waals surface area contributed by atoms with Crippen LogP contribution in [0.25, 0.3) is 0 Å². The molecule has 1 amide bonds. The van der Waals surface area contributed by atoms with E-state index in [1.165, 1.54) is 6.07 Å². The molecule has 1 aliphatic rings. The smallest absolute Gasteiger partial charge is 0.355 e. The first-order valence-corrected chi connectivity index (χ1v) is 7.01. The second-order valence-electron chi connectivity index (χ2n) is 5.37. The van der Waals surface area contributed by atoms with Gasteiger partial charge in [-0.25, -0.2) is 0 Å². The van der Waals surface area contributed by atoms with Gasteiger partial charge in [0.1, 0.15) is 0 Å². The highest BCUT2D eigenvalue weighted by atomic mass is 35.5. The van der Waals surface area contributed by atoms with Gasteiger partial charge in [0.25, 0.3) is 0 Å². The van der Waals surface area contributed by atoms with Gasteiger partial charge >= 0.3 is 6.18 Å². The molecule has 0 aromatic heterocycles. The first kappa shape index (κ1) is 18.8. The Labute approximate surface area is 134 Å². The van der Waals surface area contributed by atoms with E-state index in [0.29, 0.717) is 24.9 Å². The molecule has 7 heteroatoms. The van der Waals surface area contributed by atoms with E-state index in [2.05, 4.69) is 10.6 Å². The Morgan fingerprint density at radius 3 is 2.50 bits per heavy atom. The highest BCUT2D eigenvalue weighted by Gasteiger charge is 2.51. The number of hydrogen-bond donors (Lipinski definition) is 2. The fourth-order valence-electron chi connectivity index (χ4n) is 2.40. The molecule has 1 aromatic carbocycles. The molecule has 0 saturated heterocycles. The van der Waals surface area contributed by atoms with E-state index in [4.69, 9.17) is 0 Å². The zero-order chi connectivity index (χ0) is 15.5. The fourth-order valence-corrected chi connectivity index (χ4v) is 2.40. The number of benzene rings is 1. The topological polar surface area (TPSA) is 41.1 Å². The van der Waals surface area contributed by atoms with Crippen LogP contribution in [0.15, 0.2) is 24.3 Å². The summed E-state index contributed by atoms with van der Waals surface area (Å²) in [7, 11) is 1.83. The molecule has 124 valence electrons. The standard InChI is InChI=1S/C15H19F3N2O.ClH/c1-19-8-3-9-20-13(21)14(6-7-14)11-4-2-5-12(10-11)15(16,17)18;/h2,4-5,10,19H,3,6-9H2,1H3,(H,20,21);1H. The second-order valence-corrected chi connectivity index (χ2v) is 5.37. The molecule has 3 nitrogen and oxygen atoms in total. The molecule has 1 fully saturated rings. The van der Waals surface area contributed by atoms with Crippen LogP contribution in [-0.4, -0.2) is 26.0 Å². The Morgan fingerprint density at radius 2 is 1.95 bits per heavy atom. The molecule has 0 radical (unpaired) electrons. The minimum absolute atomic E-state index is 0. The maximum absolute atomic E-state index is 12.8. The molecule has 22 heavy (non-hydrogen) atoms. The fraction of sp³-hybridized carbons (Fsp3) is 0.533. The number of alkyl halides is 3. The number of amides is 1. The van der Waals surface area contributed by atoms with Gasteiger partial charge in [-0.15, -0.1) is 12.4 Å². The van der Waals surface area contributed by atoms with Crippen LogP contribution in [0, 0.1) is 0 Å². The van der Waals surface area contributed by atoms with Crippen LogP contribution in [-0.2, 0) is 16.4 Å². The van der Waals surface area contributed by atoms with Gasteiger partial charge in [-0.1, -0.05) is 18.2 Å². The van der Waals surface area contributed by atoms with Crippen molar-refractivity contribution in [2.24, 2.45) is 0 Å². The molecule has 1 saturated carbocycles. The molecule has 0 bridgehead atoms. The Kier molecular flexibility index (Phi) is 6.26. The summed E-state index contributed by atoms with van der Waals surface area (Å²) in [5.74, 6) is -0.169. The van der Waals surface area contributed by atoms with Crippen LogP contribution in [0.2, 0.25) is 0 Å². The van der Waals surface area contributed by atoms with Gasteiger partial charge in [-0.3, -0.25) is 4.79 Å². The van der Waals surface area contributed by atoms with Gasteiger partial charge in [0, 0.05) is 6.54 Å². The van der Waals surface area contributed by atoms with Gasteiger partial charge in [0.15, 0.2) is 0 Å². The monoisotopic (exact) mass is 336 g/mol. The minimum atomic E-state index is -4.38. The predicted octanol–water partition coefficient (Wildman–Crippen LogP) is 2.88. The molecule has 0 atom stereocenters. The predicted molar refractivity (Wildman–Crippen MR) is 81.2 cm³/mol. The van der Waals surface area contributed by atoms with Crippen molar-refractivity contribution in [3.05, 3.63) is 35.4 Å². The van der Waals surface area contributed by atoms with Crippen LogP contribution in [0.4, 0.5) is 13.2 Å². The van der Waals surface area contributed by atoms with Gasteiger partial charge in [-0.05, 0) is 44.5 Å². The van der Waals surface area contributed by atoms with E-state index >= 15 is 0 Å². The van der Waals surface area contributed by atoms with Crippen molar-refractivity contribution in [1.82, 2.24) is 10.6 Å². The molecule has 2 rings (SSSR count).